The third kappa shape index (κ3) is 3.74. The molecule has 0 spiro atoms. The summed E-state index contributed by atoms with van der Waals surface area (Å²) >= 11 is 0. The molecule has 0 aromatic carbocycles. The highest BCUT2D eigenvalue weighted by molar-refractivity contribution is 4.79. The summed E-state index contributed by atoms with van der Waals surface area (Å²) in [7, 11) is 0. The number of nitrogens with one attached hydrogen (secondary N) is 1. The molecule has 1 N–H and O–H groups in total. The standard InChI is InChI=1S/C14H27NO/c1-2-15-13-7-4-3-6-12(10-13)11-14-8-5-9-16-14/h12-15H,2-11H2,1H3. The van der Waals surface area contributed by atoms with Crippen LogP contribution in [0.3, 0.4) is 0 Å². The summed E-state index contributed by atoms with van der Waals surface area (Å²) < 4.78 is 5.77. The number of ether oxygens (including phenoxy) is 1. The second-order valence-electron chi connectivity index (χ2n) is 5.51. The van der Waals surface area contributed by atoms with Gasteiger partial charge in [-0.15, -0.1) is 0 Å². The highest BCUT2D eigenvalue weighted by atomic mass is 16.5. The first-order chi connectivity index (χ1) is 7.88. The van der Waals surface area contributed by atoms with E-state index in [-0.39, 0.29) is 0 Å². The maximum Gasteiger partial charge on any atom is 0.0578 e. The number of hydrogen-bond donors (Lipinski definition) is 1. The van der Waals surface area contributed by atoms with Crippen LogP contribution in [0.5, 0.6) is 0 Å². The Morgan fingerprint density at radius 3 is 2.75 bits per heavy atom. The van der Waals surface area contributed by atoms with E-state index in [1.807, 2.05) is 0 Å². The van der Waals surface area contributed by atoms with E-state index in [0.717, 1.165) is 25.1 Å². The predicted octanol–water partition coefficient (Wildman–Crippen LogP) is 3.11. The van der Waals surface area contributed by atoms with Crippen LogP contribution < -0.4 is 5.32 Å². The molecule has 1 aliphatic heterocycles. The Labute approximate surface area is 100 Å². The first-order valence-electron chi connectivity index (χ1n) is 7.23. The molecule has 0 aromatic heterocycles. The second-order valence-corrected chi connectivity index (χ2v) is 5.51. The predicted molar refractivity (Wildman–Crippen MR) is 67.6 cm³/mol. The largest absolute Gasteiger partial charge is 0.378 e. The van der Waals surface area contributed by atoms with Gasteiger partial charge in [0.05, 0.1) is 6.10 Å². The van der Waals surface area contributed by atoms with Gasteiger partial charge in [-0.1, -0.05) is 26.2 Å². The van der Waals surface area contributed by atoms with Gasteiger partial charge in [0, 0.05) is 12.6 Å². The van der Waals surface area contributed by atoms with Crippen molar-refractivity contribution in [3.63, 3.8) is 0 Å². The molecule has 0 bridgehead atoms. The molecule has 3 unspecified atom stereocenters. The summed E-state index contributed by atoms with van der Waals surface area (Å²) in [6.07, 6.45) is 11.5. The van der Waals surface area contributed by atoms with Gasteiger partial charge in [-0.2, -0.15) is 0 Å². The molecule has 0 amide bonds. The molecule has 16 heavy (non-hydrogen) atoms. The summed E-state index contributed by atoms with van der Waals surface area (Å²) in [6.45, 7) is 4.35. The molecule has 0 radical (unpaired) electrons. The molecule has 1 aliphatic carbocycles. The molecule has 2 heteroatoms. The third-order valence-electron chi connectivity index (χ3n) is 4.15. The normalized spacial score (nSPS) is 36.2. The molecule has 1 saturated heterocycles. The summed E-state index contributed by atoms with van der Waals surface area (Å²) in [5, 5.41) is 3.64. The van der Waals surface area contributed by atoms with Gasteiger partial charge in [0.1, 0.15) is 0 Å². The lowest BCUT2D eigenvalue weighted by molar-refractivity contribution is 0.0859. The molecule has 1 heterocycles. The minimum atomic E-state index is 0.588. The van der Waals surface area contributed by atoms with Crippen molar-refractivity contribution in [1.82, 2.24) is 5.32 Å². The lowest BCUT2D eigenvalue weighted by Gasteiger charge is -2.22. The Bertz CT molecular complexity index is 189. The summed E-state index contributed by atoms with van der Waals surface area (Å²) in [5.41, 5.74) is 0. The Hall–Kier alpha value is -0.0800. The summed E-state index contributed by atoms with van der Waals surface area (Å²) in [6, 6.07) is 0.777. The summed E-state index contributed by atoms with van der Waals surface area (Å²) in [5.74, 6) is 0.912. The zero-order valence-electron chi connectivity index (χ0n) is 10.7. The maximum atomic E-state index is 5.77. The minimum Gasteiger partial charge on any atom is -0.378 e. The van der Waals surface area contributed by atoms with E-state index in [0.29, 0.717) is 6.10 Å². The van der Waals surface area contributed by atoms with Crippen molar-refractivity contribution in [2.75, 3.05) is 13.2 Å². The van der Waals surface area contributed by atoms with Gasteiger partial charge in [0.25, 0.3) is 0 Å². The molecular formula is C14H27NO. The first-order valence-corrected chi connectivity index (χ1v) is 7.23. The van der Waals surface area contributed by atoms with Crippen molar-refractivity contribution in [3.8, 4) is 0 Å². The van der Waals surface area contributed by atoms with Crippen LogP contribution in [0.1, 0.15) is 58.3 Å². The molecular weight excluding hydrogens is 198 g/mol. The summed E-state index contributed by atoms with van der Waals surface area (Å²) in [4.78, 5) is 0. The van der Waals surface area contributed by atoms with E-state index in [1.54, 1.807) is 0 Å². The zero-order chi connectivity index (χ0) is 11.2. The molecule has 1 saturated carbocycles. The van der Waals surface area contributed by atoms with Crippen LogP contribution in [0.2, 0.25) is 0 Å². The van der Waals surface area contributed by atoms with Crippen molar-refractivity contribution < 1.29 is 4.74 Å². The van der Waals surface area contributed by atoms with Crippen molar-refractivity contribution in [1.29, 1.82) is 0 Å². The number of rotatable bonds is 4. The van der Waals surface area contributed by atoms with E-state index in [4.69, 9.17) is 4.74 Å². The lowest BCUT2D eigenvalue weighted by atomic mass is 9.91. The lowest BCUT2D eigenvalue weighted by Crippen LogP contribution is -2.30. The van der Waals surface area contributed by atoms with Gasteiger partial charge >= 0.3 is 0 Å². The maximum absolute atomic E-state index is 5.77. The molecule has 2 rings (SSSR count). The van der Waals surface area contributed by atoms with Crippen LogP contribution in [0.4, 0.5) is 0 Å². The van der Waals surface area contributed by atoms with Crippen molar-refractivity contribution in [2.24, 2.45) is 5.92 Å². The second kappa shape index (κ2) is 6.61. The van der Waals surface area contributed by atoms with Crippen LogP contribution in [0, 0.1) is 5.92 Å². The number of hydrogen-bond acceptors (Lipinski definition) is 2. The fourth-order valence-electron chi connectivity index (χ4n) is 3.35. The van der Waals surface area contributed by atoms with Gasteiger partial charge in [-0.05, 0) is 44.6 Å². The van der Waals surface area contributed by atoms with Gasteiger partial charge in [0.15, 0.2) is 0 Å². The van der Waals surface area contributed by atoms with Crippen molar-refractivity contribution in [2.45, 2.75) is 70.4 Å². The van der Waals surface area contributed by atoms with E-state index >= 15 is 0 Å². The highest BCUT2D eigenvalue weighted by Crippen LogP contribution is 2.30. The Kier molecular flexibility index (Phi) is 5.11. The first kappa shape index (κ1) is 12.4. The molecule has 2 nitrogen and oxygen atoms in total. The van der Waals surface area contributed by atoms with Crippen LogP contribution in [-0.2, 0) is 4.74 Å². The SMILES string of the molecule is CCNC1CCCCC(CC2CCCO2)C1. The molecule has 2 fully saturated rings. The van der Waals surface area contributed by atoms with Crippen LogP contribution in [0.15, 0.2) is 0 Å². The minimum absolute atomic E-state index is 0.588. The molecule has 0 aromatic rings. The Morgan fingerprint density at radius 1 is 1.12 bits per heavy atom. The van der Waals surface area contributed by atoms with Crippen molar-refractivity contribution >= 4 is 0 Å². The van der Waals surface area contributed by atoms with Gasteiger partial charge < -0.3 is 10.1 Å². The average molecular weight is 225 g/mol. The molecule has 3 atom stereocenters. The fraction of sp³-hybridized carbons (Fsp3) is 1.00. The Morgan fingerprint density at radius 2 is 2.00 bits per heavy atom. The van der Waals surface area contributed by atoms with Crippen LogP contribution in [0.25, 0.3) is 0 Å². The molecule has 2 aliphatic rings. The third-order valence-corrected chi connectivity index (χ3v) is 4.15. The van der Waals surface area contributed by atoms with E-state index in [9.17, 15) is 0 Å². The van der Waals surface area contributed by atoms with E-state index in [2.05, 4.69) is 12.2 Å². The van der Waals surface area contributed by atoms with E-state index < -0.39 is 0 Å². The average Bonchev–Trinajstić information content (AvgIpc) is 2.67. The topological polar surface area (TPSA) is 21.3 Å². The van der Waals surface area contributed by atoms with Crippen molar-refractivity contribution in [3.05, 3.63) is 0 Å². The smallest absolute Gasteiger partial charge is 0.0578 e. The zero-order valence-corrected chi connectivity index (χ0v) is 10.7. The van der Waals surface area contributed by atoms with Crippen LogP contribution >= 0.6 is 0 Å². The van der Waals surface area contributed by atoms with Gasteiger partial charge in [0.2, 0.25) is 0 Å². The monoisotopic (exact) mass is 225 g/mol. The van der Waals surface area contributed by atoms with E-state index in [1.165, 1.54) is 51.4 Å². The highest BCUT2D eigenvalue weighted by Gasteiger charge is 2.24. The Balaban J connectivity index is 1.77. The molecule has 94 valence electrons. The van der Waals surface area contributed by atoms with Crippen LogP contribution in [-0.4, -0.2) is 25.3 Å². The van der Waals surface area contributed by atoms with Gasteiger partial charge in [-0.3, -0.25) is 0 Å². The fourth-order valence-corrected chi connectivity index (χ4v) is 3.35. The quantitative estimate of drug-likeness (QED) is 0.742. The van der Waals surface area contributed by atoms with Gasteiger partial charge in [-0.25, -0.2) is 0 Å².